The fourth-order valence-electron chi connectivity index (χ4n) is 3.58. The van der Waals surface area contributed by atoms with E-state index >= 15 is 0 Å². The molecule has 0 atom stereocenters. The average Bonchev–Trinajstić information content (AvgIpc) is 2.78. The molecule has 2 N–H and O–H groups in total. The van der Waals surface area contributed by atoms with Gasteiger partial charge in [0.1, 0.15) is 11.5 Å². The molecule has 0 unspecified atom stereocenters. The summed E-state index contributed by atoms with van der Waals surface area (Å²) in [6.07, 6.45) is 1.61. The Kier molecular flexibility index (Phi) is 8.15. The molecule has 0 radical (unpaired) electrons. The Morgan fingerprint density at radius 1 is 1.23 bits per heavy atom. The summed E-state index contributed by atoms with van der Waals surface area (Å²) < 4.78 is 11.0. The number of anilines is 1. The highest BCUT2D eigenvalue weighted by Gasteiger charge is 2.24. The smallest absolute Gasteiger partial charge is 0.265 e. The standard InChI is InChI=1S/C24H32N4O3/c1-4-25-24(27-14-12-19-16-18(2)10-11-21(19)30-3)26-13-7-15-28-20-8-5-6-9-22(20)31-17-23(28)29/h5-6,8-11,16H,4,7,12-15,17H2,1-3H3,(H2,25,26,27). The summed E-state index contributed by atoms with van der Waals surface area (Å²) in [6.45, 7) is 6.99. The number of nitrogens with zero attached hydrogens (tertiary/aromatic N) is 2. The highest BCUT2D eigenvalue weighted by molar-refractivity contribution is 5.97. The van der Waals surface area contributed by atoms with Crippen LogP contribution in [0.1, 0.15) is 24.5 Å². The van der Waals surface area contributed by atoms with Gasteiger partial charge in [-0.15, -0.1) is 0 Å². The Morgan fingerprint density at radius 3 is 2.87 bits per heavy atom. The molecule has 0 saturated carbocycles. The van der Waals surface area contributed by atoms with Gasteiger partial charge in [0.05, 0.1) is 12.8 Å². The van der Waals surface area contributed by atoms with Crippen LogP contribution in [0.5, 0.6) is 11.5 Å². The number of rotatable bonds is 9. The zero-order chi connectivity index (χ0) is 22.1. The van der Waals surface area contributed by atoms with Crippen LogP contribution in [0.15, 0.2) is 47.5 Å². The first-order valence-corrected chi connectivity index (χ1v) is 10.8. The van der Waals surface area contributed by atoms with Gasteiger partial charge in [0, 0.05) is 26.2 Å². The molecule has 7 heteroatoms. The van der Waals surface area contributed by atoms with Crippen LogP contribution in [0.25, 0.3) is 0 Å². The maximum atomic E-state index is 12.3. The number of ether oxygens (including phenoxy) is 2. The van der Waals surface area contributed by atoms with E-state index in [1.54, 1.807) is 12.0 Å². The van der Waals surface area contributed by atoms with Crippen LogP contribution in [0, 0.1) is 6.92 Å². The Balaban J connectivity index is 1.51. The molecule has 3 rings (SSSR count). The number of benzene rings is 2. The van der Waals surface area contributed by atoms with Crippen molar-refractivity contribution in [1.82, 2.24) is 10.6 Å². The van der Waals surface area contributed by atoms with Gasteiger partial charge in [-0.25, -0.2) is 0 Å². The Morgan fingerprint density at radius 2 is 2.06 bits per heavy atom. The first-order valence-electron chi connectivity index (χ1n) is 10.8. The van der Waals surface area contributed by atoms with E-state index in [4.69, 9.17) is 9.47 Å². The van der Waals surface area contributed by atoms with E-state index in [-0.39, 0.29) is 12.5 Å². The molecule has 0 aliphatic carbocycles. The molecule has 2 aromatic carbocycles. The third-order valence-electron chi connectivity index (χ3n) is 5.08. The molecule has 0 aromatic heterocycles. The van der Waals surface area contributed by atoms with Crippen molar-refractivity contribution < 1.29 is 14.3 Å². The molecular weight excluding hydrogens is 392 g/mol. The van der Waals surface area contributed by atoms with Crippen molar-refractivity contribution in [3.05, 3.63) is 53.6 Å². The lowest BCUT2D eigenvalue weighted by Crippen LogP contribution is -2.40. The minimum atomic E-state index is -0.0141. The number of methoxy groups -OCH3 is 1. The van der Waals surface area contributed by atoms with E-state index in [0.717, 1.165) is 49.1 Å². The van der Waals surface area contributed by atoms with Crippen molar-refractivity contribution in [2.24, 2.45) is 4.99 Å². The van der Waals surface area contributed by atoms with Gasteiger partial charge in [0.15, 0.2) is 12.6 Å². The van der Waals surface area contributed by atoms with Gasteiger partial charge in [0.2, 0.25) is 0 Å². The lowest BCUT2D eigenvalue weighted by atomic mass is 10.1. The molecule has 1 aliphatic rings. The molecule has 0 fully saturated rings. The number of aliphatic imine (C=N–C) groups is 1. The van der Waals surface area contributed by atoms with Crippen LogP contribution in [0.3, 0.4) is 0 Å². The summed E-state index contributed by atoms with van der Waals surface area (Å²) in [5.41, 5.74) is 3.23. The molecule has 1 heterocycles. The normalized spacial score (nSPS) is 13.5. The lowest BCUT2D eigenvalue weighted by Gasteiger charge is -2.29. The number of hydrogen-bond acceptors (Lipinski definition) is 4. The average molecular weight is 425 g/mol. The number of fused-ring (bicyclic) bond motifs is 1. The van der Waals surface area contributed by atoms with Crippen molar-refractivity contribution in [2.45, 2.75) is 26.7 Å². The minimum absolute atomic E-state index is 0.0141. The summed E-state index contributed by atoms with van der Waals surface area (Å²) in [6, 6.07) is 13.9. The molecule has 1 amide bonds. The Hall–Kier alpha value is -3.22. The highest BCUT2D eigenvalue weighted by Crippen LogP contribution is 2.31. The van der Waals surface area contributed by atoms with Crippen molar-refractivity contribution in [1.29, 1.82) is 0 Å². The molecule has 1 aliphatic heterocycles. The van der Waals surface area contributed by atoms with E-state index in [1.807, 2.05) is 37.3 Å². The number of guanidine groups is 1. The third kappa shape index (κ3) is 6.13. The van der Waals surface area contributed by atoms with Gasteiger partial charge in [0.25, 0.3) is 5.91 Å². The van der Waals surface area contributed by atoms with Crippen molar-refractivity contribution in [2.75, 3.05) is 44.8 Å². The molecule has 0 spiro atoms. The second-order valence-corrected chi connectivity index (χ2v) is 7.41. The highest BCUT2D eigenvalue weighted by atomic mass is 16.5. The fraction of sp³-hybridized carbons (Fsp3) is 0.417. The van der Waals surface area contributed by atoms with Crippen LogP contribution in [-0.4, -0.2) is 51.8 Å². The zero-order valence-corrected chi connectivity index (χ0v) is 18.6. The van der Waals surface area contributed by atoms with Crippen molar-refractivity contribution in [3.63, 3.8) is 0 Å². The molecule has 166 valence electrons. The van der Waals surface area contributed by atoms with E-state index in [1.165, 1.54) is 11.1 Å². The van der Waals surface area contributed by atoms with E-state index in [2.05, 4.69) is 34.7 Å². The second kappa shape index (κ2) is 11.2. The molecular formula is C24H32N4O3. The topological polar surface area (TPSA) is 75.2 Å². The number of nitrogens with one attached hydrogen (secondary N) is 2. The molecule has 2 aromatic rings. The molecule has 7 nitrogen and oxygen atoms in total. The van der Waals surface area contributed by atoms with Gasteiger partial charge in [-0.2, -0.15) is 0 Å². The molecule has 0 bridgehead atoms. The molecule has 0 saturated heterocycles. The van der Waals surface area contributed by atoms with Crippen molar-refractivity contribution >= 4 is 17.6 Å². The number of para-hydroxylation sites is 2. The van der Waals surface area contributed by atoms with Gasteiger partial charge in [-0.3, -0.25) is 9.79 Å². The largest absolute Gasteiger partial charge is 0.496 e. The predicted molar refractivity (Wildman–Crippen MR) is 124 cm³/mol. The van der Waals surface area contributed by atoms with Crippen LogP contribution in [0.4, 0.5) is 5.69 Å². The number of carbonyl (C=O) groups excluding carboxylic acids is 1. The lowest BCUT2D eigenvalue weighted by molar-refractivity contribution is -0.121. The fourth-order valence-corrected chi connectivity index (χ4v) is 3.58. The SMILES string of the molecule is CCNC(=NCCCN1C(=O)COc2ccccc21)NCCc1cc(C)ccc1OC. The van der Waals surface area contributed by atoms with Gasteiger partial charge < -0.3 is 25.0 Å². The van der Waals surface area contributed by atoms with E-state index in [9.17, 15) is 4.79 Å². The maximum absolute atomic E-state index is 12.3. The van der Waals surface area contributed by atoms with Crippen LogP contribution in [-0.2, 0) is 11.2 Å². The number of aryl methyl sites for hydroxylation is 1. The van der Waals surface area contributed by atoms with Crippen LogP contribution < -0.4 is 25.0 Å². The number of hydrogen-bond donors (Lipinski definition) is 2. The summed E-state index contributed by atoms with van der Waals surface area (Å²) in [5.74, 6) is 2.43. The van der Waals surface area contributed by atoms with Gasteiger partial charge in [-0.1, -0.05) is 29.8 Å². The third-order valence-corrected chi connectivity index (χ3v) is 5.08. The Labute approximate surface area is 184 Å². The summed E-state index contributed by atoms with van der Waals surface area (Å²) in [7, 11) is 1.70. The van der Waals surface area contributed by atoms with Crippen molar-refractivity contribution in [3.8, 4) is 11.5 Å². The monoisotopic (exact) mass is 424 g/mol. The predicted octanol–water partition coefficient (Wildman–Crippen LogP) is 2.92. The quantitative estimate of drug-likeness (QED) is 0.368. The minimum Gasteiger partial charge on any atom is -0.496 e. The zero-order valence-electron chi connectivity index (χ0n) is 18.6. The molecule has 31 heavy (non-hydrogen) atoms. The maximum Gasteiger partial charge on any atom is 0.265 e. The Bertz CT molecular complexity index is 913. The van der Waals surface area contributed by atoms with Crippen LogP contribution in [0.2, 0.25) is 0 Å². The van der Waals surface area contributed by atoms with Crippen LogP contribution >= 0.6 is 0 Å². The first-order chi connectivity index (χ1) is 15.1. The number of carbonyl (C=O) groups is 1. The van der Waals surface area contributed by atoms with E-state index in [0.29, 0.717) is 13.1 Å². The summed E-state index contributed by atoms with van der Waals surface area (Å²) >= 11 is 0. The second-order valence-electron chi connectivity index (χ2n) is 7.41. The van der Waals surface area contributed by atoms with Gasteiger partial charge in [-0.05, 0) is 50.5 Å². The summed E-state index contributed by atoms with van der Waals surface area (Å²) in [5, 5.41) is 6.66. The first kappa shape index (κ1) is 22.5. The number of amides is 1. The van der Waals surface area contributed by atoms with E-state index < -0.39 is 0 Å². The van der Waals surface area contributed by atoms with Gasteiger partial charge >= 0.3 is 0 Å². The summed E-state index contributed by atoms with van der Waals surface area (Å²) in [4.78, 5) is 18.7.